The summed E-state index contributed by atoms with van der Waals surface area (Å²) in [4.78, 5) is 12.9. The molecule has 0 bridgehead atoms. The molecular weight excluding hydrogens is 268 g/mol. The highest BCUT2D eigenvalue weighted by atomic mass is 32.2. The van der Waals surface area contributed by atoms with Crippen LogP contribution in [0, 0.1) is 18.3 Å². The van der Waals surface area contributed by atoms with Gasteiger partial charge in [0.2, 0.25) is 0 Å². The summed E-state index contributed by atoms with van der Waals surface area (Å²) >= 11 is 1.88. The van der Waals surface area contributed by atoms with Gasteiger partial charge in [-0.2, -0.15) is 0 Å². The average molecular weight is 288 g/mol. The maximum absolute atomic E-state index is 11.6. The summed E-state index contributed by atoms with van der Waals surface area (Å²) in [6, 6.07) is 8.61. The Morgan fingerprint density at radius 3 is 2.55 bits per heavy atom. The van der Waals surface area contributed by atoms with Crippen LogP contribution in [0.3, 0.4) is 0 Å². The summed E-state index contributed by atoms with van der Waals surface area (Å²) in [6.07, 6.45) is 5.08. The van der Waals surface area contributed by atoms with E-state index >= 15 is 0 Å². The molecule has 20 heavy (non-hydrogen) atoms. The summed E-state index contributed by atoms with van der Waals surface area (Å²) in [5.41, 5.74) is 1.55. The number of aliphatic hydroxyl groups is 1. The second-order valence-corrected chi connectivity index (χ2v) is 7.22. The Balaban J connectivity index is 1.63. The van der Waals surface area contributed by atoms with Crippen LogP contribution in [0.15, 0.2) is 41.0 Å². The molecule has 0 amide bonds. The van der Waals surface area contributed by atoms with E-state index in [2.05, 4.69) is 31.2 Å². The number of rotatable bonds is 4. The van der Waals surface area contributed by atoms with Crippen LogP contribution < -0.4 is 0 Å². The van der Waals surface area contributed by atoms with E-state index in [-0.39, 0.29) is 17.0 Å². The number of carbonyl (C=O) groups excluding carboxylic acids is 1. The third-order valence-corrected chi connectivity index (χ3v) is 5.86. The first-order valence-electron chi connectivity index (χ1n) is 7.19. The molecule has 0 saturated heterocycles. The SMILES string of the molecule is Cc1ccc(SCC2(C3CC(=O)C=C(O)C3)CC2)cc1. The minimum absolute atomic E-state index is 0.0883. The van der Waals surface area contributed by atoms with Gasteiger partial charge in [0.25, 0.3) is 0 Å². The van der Waals surface area contributed by atoms with Gasteiger partial charge < -0.3 is 5.11 Å². The van der Waals surface area contributed by atoms with Gasteiger partial charge in [-0.1, -0.05) is 17.7 Å². The molecule has 3 rings (SSSR count). The summed E-state index contributed by atoms with van der Waals surface area (Å²) in [6.45, 7) is 2.10. The van der Waals surface area contributed by atoms with Crippen molar-refractivity contribution in [1.29, 1.82) is 0 Å². The number of hydrogen-bond acceptors (Lipinski definition) is 3. The van der Waals surface area contributed by atoms with Gasteiger partial charge in [-0.25, -0.2) is 0 Å². The highest BCUT2D eigenvalue weighted by Gasteiger charge is 2.50. The van der Waals surface area contributed by atoms with Gasteiger partial charge >= 0.3 is 0 Å². The molecule has 1 unspecified atom stereocenters. The number of hydrogen-bond donors (Lipinski definition) is 1. The Morgan fingerprint density at radius 1 is 1.25 bits per heavy atom. The van der Waals surface area contributed by atoms with Crippen molar-refractivity contribution in [2.75, 3.05) is 5.75 Å². The van der Waals surface area contributed by atoms with Gasteiger partial charge in [0, 0.05) is 29.6 Å². The van der Waals surface area contributed by atoms with Crippen LogP contribution in [-0.2, 0) is 4.79 Å². The smallest absolute Gasteiger partial charge is 0.159 e. The molecule has 0 spiro atoms. The van der Waals surface area contributed by atoms with Crippen LogP contribution >= 0.6 is 11.8 Å². The largest absolute Gasteiger partial charge is 0.512 e. The number of carbonyl (C=O) groups is 1. The van der Waals surface area contributed by atoms with Crippen molar-refractivity contribution in [3.8, 4) is 0 Å². The van der Waals surface area contributed by atoms with Crippen molar-refractivity contribution in [2.24, 2.45) is 11.3 Å². The lowest BCUT2D eigenvalue weighted by molar-refractivity contribution is -0.116. The van der Waals surface area contributed by atoms with Gasteiger partial charge in [-0.05, 0) is 43.2 Å². The van der Waals surface area contributed by atoms with Gasteiger partial charge in [-0.3, -0.25) is 4.79 Å². The fraction of sp³-hybridized carbons (Fsp3) is 0.471. The number of thioether (sulfide) groups is 1. The Bertz CT molecular complexity index is 541. The van der Waals surface area contributed by atoms with E-state index in [4.69, 9.17) is 0 Å². The zero-order valence-corrected chi connectivity index (χ0v) is 12.6. The Hall–Kier alpha value is -1.22. The second-order valence-electron chi connectivity index (χ2n) is 6.17. The first-order chi connectivity index (χ1) is 9.57. The van der Waals surface area contributed by atoms with Gasteiger partial charge in [0.1, 0.15) is 0 Å². The Labute approximate surface area is 124 Å². The molecule has 1 aromatic rings. The molecule has 0 aliphatic heterocycles. The van der Waals surface area contributed by atoms with Crippen LogP contribution in [0.4, 0.5) is 0 Å². The van der Waals surface area contributed by atoms with Crippen LogP contribution in [0.1, 0.15) is 31.2 Å². The minimum Gasteiger partial charge on any atom is -0.512 e. The van der Waals surface area contributed by atoms with Crippen molar-refractivity contribution in [1.82, 2.24) is 0 Å². The quantitative estimate of drug-likeness (QED) is 0.840. The Kier molecular flexibility index (Phi) is 3.63. The van der Waals surface area contributed by atoms with Gasteiger partial charge in [-0.15, -0.1) is 11.8 Å². The molecule has 2 nitrogen and oxygen atoms in total. The molecule has 0 aromatic heterocycles. The van der Waals surface area contributed by atoms with E-state index in [0.29, 0.717) is 18.8 Å². The van der Waals surface area contributed by atoms with Crippen molar-refractivity contribution in [2.45, 2.75) is 37.5 Å². The number of benzene rings is 1. The highest BCUT2D eigenvalue weighted by molar-refractivity contribution is 7.99. The summed E-state index contributed by atoms with van der Waals surface area (Å²) < 4.78 is 0. The van der Waals surface area contributed by atoms with Crippen molar-refractivity contribution in [3.05, 3.63) is 41.7 Å². The van der Waals surface area contributed by atoms with Crippen LogP contribution in [-0.4, -0.2) is 16.6 Å². The van der Waals surface area contributed by atoms with E-state index in [1.165, 1.54) is 29.4 Å². The normalized spacial score (nSPS) is 24.4. The zero-order chi connectivity index (χ0) is 14.2. The Morgan fingerprint density at radius 2 is 1.95 bits per heavy atom. The van der Waals surface area contributed by atoms with Gasteiger partial charge in [0.05, 0.1) is 5.76 Å². The molecule has 1 N–H and O–H groups in total. The highest BCUT2D eigenvalue weighted by Crippen LogP contribution is 2.58. The molecule has 1 aromatic carbocycles. The maximum Gasteiger partial charge on any atom is 0.159 e. The molecule has 1 fully saturated rings. The zero-order valence-electron chi connectivity index (χ0n) is 11.8. The lowest BCUT2D eigenvalue weighted by atomic mass is 9.80. The fourth-order valence-corrected chi connectivity index (χ4v) is 4.30. The van der Waals surface area contributed by atoms with Gasteiger partial charge in [0.15, 0.2) is 5.78 Å². The lowest BCUT2D eigenvalue weighted by Crippen LogP contribution is -2.25. The topological polar surface area (TPSA) is 37.3 Å². The third kappa shape index (κ3) is 2.93. The second kappa shape index (κ2) is 5.28. The molecule has 2 aliphatic rings. The monoisotopic (exact) mass is 288 g/mol. The lowest BCUT2D eigenvalue weighted by Gasteiger charge is -2.28. The van der Waals surface area contributed by atoms with E-state index in [0.717, 1.165) is 5.75 Å². The van der Waals surface area contributed by atoms with Crippen LogP contribution in [0.2, 0.25) is 0 Å². The van der Waals surface area contributed by atoms with Crippen LogP contribution in [0.25, 0.3) is 0 Å². The summed E-state index contributed by atoms with van der Waals surface area (Å²) in [5, 5.41) is 9.69. The molecular formula is C17H20O2S. The molecule has 3 heteroatoms. The molecule has 0 radical (unpaired) electrons. The molecule has 1 saturated carbocycles. The number of aryl methyl sites for hydroxylation is 1. The van der Waals surface area contributed by atoms with E-state index in [1.807, 2.05) is 11.8 Å². The summed E-state index contributed by atoms with van der Waals surface area (Å²) in [5.74, 6) is 1.75. The predicted molar refractivity (Wildman–Crippen MR) is 82.0 cm³/mol. The number of allylic oxidation sites excluding steroid dienone is 2. The van der Waals surface area contributed by atoms with E-state index in [9.17, 15) is 9.90 Å². The molecule has 106 valence electrons. The number of aliphatic hydroxyl groups excluding tert-OH is 1. The summed E-state index contributed by atoms with van der Waals surface area (Å²) in [7, 11) is 0. The maximum atomic E-state index is 11.6. The van der Waals surface area contributed by atoms with E-state index < -0.39 is 0 Å². The molecule has 2 aliphatic carbocycles. The minimum atomic E-state index is 0.0883. The first-order valence-corrected chi connectivity index (χ1v) is 8.18. The number of ketones is 1. The van der Waals surface area contributed by atoms with E-state index in [1.54, 1.807) is 0 Å². The standard InChI is InChI=1S/C17H20O2S/c1-12-2-4-16(5-3-12)20-11-17(6-7-17)13-8-14(18)10-15(19)9-13/h2-5,10,13,18H,6-9,11H2,1H3. The fourth-order valence-electron chi connectivity index (χ4n) is 3.00. The van der Waals surface area contributed by atoms with Crippen molar-refractivity contribution in [3.63, 3.8) is 0 Å². The third-order valence-electron chi connectivity index (χ3n) is 4.54. The molecule has 1 atom stereocenters. The van der Waals surface area contributed by atoms with Crippen molar-refractivity contribution >= 4 is 17.5 Å². The predicted octanol–water partition coefficient (Wildman–Crippen LogP) is 4.29. The molecule has 0 heterocycles. The first kappa shape index (κ1) is 13.7. The van der Waals surface area contributed by atoms with Crippen molar-refractivity contribution < 1.29 is 9.90 Å². The average Bonchev–Trinajstić information content (AvgIpc) is 3.18. The van der Waals surface area contributed by atoms with Crippen LogP contribution in [0.5, 0.6) is 0 Å².